The molecular formula is C28H35FN6O3. The number of nitrogens with zero attached hydrogens (tertiary/aromatic N) is 6. The summed E-state index contributed by atoms with van der Waals surface area (Å²) in [5.41, 5.74) is 2.36. The molecule has 9 nitrogen and oxygen atoms in total. The molecule has 202 valence electrons. The summed E-state index contributed by atoms with van der Waals surface area (Å²) >= 11 is 0. The fourth-order valence-electron chi connectivity index (χ4n) is 4.87. The van der Waals surface area contributed by atoms with Gasteiger partial charge in [-0.3, -0.25) is 19.8 Å². The third kappa shape index (κ3) is 5.70. The van der Waals surface area contributed by atoms with Crippen LogP contribution in [0.15, 0.2) is 48.5 Å². The maximum atomic E-state index is 14.2. The molecule has 0 N–H and O–H groups in total. The summed E-state index contributed by atoms with van der Waals surface area (Å²) in [6.07, 6.45) is 0. The number of aryl methyl sites for hydroxylation is 1. The lowest BCUT2D eigenvalue weighted by Crippen LogP contribution is -2.49. The van der Waals surface area contributed by atoms with Crippen molar-refractivity contribution in [3.8, 4) is 5.69 Å². The SMILES string of the molecule is Cc1nn(-c2cccc(F)c2)c(N2CCN(C(C)C)CC2)c1CN(C(=O)c1cccc([N+](=O)[O-])c1)C(C)C. The number of nitro benzene ring substituents is 1. The molecule has 2 aromatic carbocycles. The smallest absolute Gasteiger partial charge is 0.270 e. The number of aromatic nitrogens is 2. The Labute approximate surface area is 222 Å². The van der Waals surface area contributed by atoms with E-state index in [9.17, 15) is 19.3 Å². The highest BCUT2D eigenvalue weighted by Gasteiger charge is 2.30. The third-order valence-corrected chi connectivity index (χ3v) is 7.07. The first-order chi connectivity index (χ1) is 18.1. The summed E-state index contributed by atoms with van der Waals surface area (Å²) in [6.45, 7) is 13.7. The van der Waals surface area contributed by atoms with E-state index in [0.29, 0.717) is 11.7 Å². The molecule has 1 aliphatic rings. The van der Waals surface area contributed by atoms with Gasteiger partial charge in [0.25, 0.3) is 11.6 Å². The molecule has 1 fully saturated rings. The highest BCUT2D eigenvalue weighted by Crippen LogP contribution is 2.31. The van der Waals surface area contributed by atoms with Gasteiger partial charge in [0.2, 0.25) is 0 Å². The van der Waals surface area contributed by atoms with E-state index in [0.717, 1.165) is 43.3 Å². The van der Waals surface area contributed by atoms with Crippen molar-refractivity contribution in [2.45, 2.75) is 53.2 Å². The number of carbonyl (C=O) groups is 1. The lowest BCUT2D eigenvalue weighted by Gasteiger charge is -2.39. The van der Waals surface area contributed by atoms with Crippen LogP contribution in [-0.4, -0.2) is 68.7 Å². The molecule has 4 rings (SSSR count). The lowest BCUT2D eigenvalue weighted by molar-refractivity contribution is -0.384. The maximum Gasteiger partial charge on any atom is 0.270 e. The first kappa shape index (κ1) is 27.3. The first-order valence-corrected chi connectivity index (χ1v) is 13.0. The normalized spacial score (nSPS) is 14.4. The van der Waals surface area contributed by atoms with Crippen LogP contribution in [0.2, 0.25) is 0 Å². The summed E-state index contributed by atoms with van der Waals surface area (Å²) < 4.78 is 16.0. The van der Waals surface area contributed by atoms with Crippen molar-refractivity contribution in [3.63, 3.8) is 0 Å². The van der Waals surface area contributed by atoms with Gasteiger partial charge in [0.1, 0.15) is 11.6 Å². The fraction of sp³-hybridized carbons (Fsp3) is 0.429. The zero-order valence-electron chi connectivity index (χ0n) is 22.6. The number of non-ortho nitro benzene ring substituents is 1. The Balaban J connectivity index is 1.75. The molecule has 0 radical (unpaired) electrons. The van der Waals surface area contributed by atoms with Crippen LogP contribution in [0.3, 0.4) is 0 Å². The second kappa shape index (κ2) is 11.3. The number of benzene rings is 2. The minimum absolute atomic E-state index is 0.127. The number of nitro groups is 1. The Morgan fingerprint density at radius 2 is 1.76 bits per heavy atom. The average molecular weight is 523 g/mol. The van der Waals surface area contributed by atoms with Gasteiger partial charge in [0.15, 0.2) is 0 Å². The molecular weight excluding hydrogens is 487 g/mol. The van der Waals surface area contributed by atoms with E-state index in [1.54, 1.807) is 21.7 Å². The number of carbonyl (C=O) groups excluding carboxylic acids is 1. The number of rotatable bonds is 8. The van der Waals surface area contributed by atoms with Crippen LogP contribution in [0.1, 0.15) is 49.3 Å². The Morgan fingerprint density at radius 3 is 2.37 bits per heavy atom. The van der Waals surface area contributed by atoms with Crippen LogP contribution in [-0.2, 0) is 6.54 Å². The number of piperazine rings is 1. The van der Waals surface area contributed by atoms with E-state index in [4.69, 9.17) is 5.10 Å². The topological polar surface area (TPSA) is 87.8 Å². The highest BCUT2D eigenvalue weighted by atomic mass is 19.1. The van der Waals surface area contributed by atoms with Gasteiger partial charge >= 0.3 is 0 Å². The van der Waals surface area contributed by atoms with Crippen molar-refractivity contribution in [1.29, 1.82) is 0 Å². The predicted octanol–water partition coefficient (Wildman–Crippen LogP) is 4.81. The Bertz CT molecular complexity index is 1310. The first-order valence-electron chi connectivity index (χ1n) is 13.0. The second-order valence-corrected chi connectivity index (χ2v) is 10.2. The predicted molar refractivity (Wildman–Crippen MR) is 145 cm³/mol. The van der Waals surface area contributed by atoms with Gasteiger partial charge in [-0.2, -0.15) is 5.10 Å². The summed E-state index contributed by atoms with van der Waals surface area (Å²) in [6, 6.07) is 12.4. The summed E-state index contributed by atoms with van der Waals surface area (Å²) in [5, 5.41) is 16.1. The molecule has 0 aliphatic carbocycles. The van der Waals surface area contributed by atoms with Crippen molar-refractivity contribution in [2.24, 2.45) is 0 Å². The van der Waals surface area contributed by atoms with Crippen LogP contribution in [0.5, 0.6) is 0 Å². The number of anilines is 1. The summed E-state index contributed by atoms with van der Waals surface area (Å²) in [7, 11) is 0. The van der Waals surface area contributed by atoms with Crippen molar-refractivity contribution in [1.82, 2.24) is 19.6 Å². The molecule has 0 atom stereocenters. The van der Waals surface area contributed by atoms with E-state index in [1.165, 1.54) is 30.3 Å². The number of hydrogen-bond donors (Lipinski definition) is 0. The van der Waals surface area contributed by atoms with Crippen LogP contribution in [0.4, 0.5) is 15.9 Å². The van der Waals surface area contributed by atoms with Gasteiger partial charge in [-0.05, 0) is 58.9 Å². The van der Waals surface area contributed by atoms with Gasteiger partial charge in [-0.1, -0.05) is 12.1 Å². The molecule has 0 unspecified atom stereocenters. The van der Waals surface area contributed by atoms with Crippen molar-refractivity contribution < 1.29 is 14.1 Å². The Kier molecular flexibility index (Phi) is 8.11. The molecule has 0 saturated carbocycles. The van der Waals surface area contributed by atoms with Crippen LogP contribution in [0, 0.1) is 22.9 Å². The highest BCUT2D eigenvalue weighted by molar-refractivity contribution is 5.95. The van der Waals surface area contributed by atoms with E-state index < -0.39 is 4.92 Å². The van der Waals surface area contributed by atoms with Gasteiger partial charge in [0.05, 0.1) is 22.8 Å². The minimum atomic E-state index is -0.501. The largest absolute Gasteiger partial charge is 0.354 e. The Morgan fingerprint density at radius 1 is 1.08 bits per heavy atom. The zero-order valence-corrected chi connectivity index (χ0v) is 22.6. The van der Waals surface area contributed by atoms with Crippen molar-refractivity contribution in [2.75, 3.05) is 31.1 Å². The maximum absolute atomic E-state index is 14.2. The van der Waals surface area contributed by atoms with E-state index in [-0.39, 0.29) is 35.6 Å². The van der Waals surface area contributed by atoms with Gasteiger partial charge in [-0.15, -0.1) is 0 Å². The fourth-order valence-corrected chi connectivity index (χ4v) is 4.87. The molecule has 38 heavy (non-hydrogen) atoms. The molecule has 3 aromatic rings. The van der Waals surface area contributed by atoms with Gasteiger partial charge in [-0.25, -0.2) is 9.07 Å². The monoisotopic (exact) mass is 522 g/mol. The van der Waals surface area contributed by atoms with E-state index >= 15 is 0 Å². The molecule has 0 spiro atoms. The summed E-state index contributed by atoms with van der Waals surface area (Å²) in [4.78, 5) is 30.8. The lowest BCUT2D eigenvalue weighted by atomic mass is 10.1. The van der Waals surface area contributed by atoms with E-state index in [2.05, 4.69) is 23.6 Å². The molecule has 0 bridgehead atoms. The zero-order chi connectivity index (χ0) is 27.6. The minimum Gasteiger partial charge on any atom is -0.354 e. The molecule has 2 heterocycles. The van der Waals surface area contributed by atoms with Crippen molar-refractivity contribution in [3.05, 3.63) is 81.3 Å². The molecule has 1 amide bonds. The van der Waals surface area contributed by atoms with Gasteiger partial charge in [0, 0.05) is 61.5 Å². The third-order valence-electron chi connectivity index (χ3n) is 7.07. The van der Waals surface area contributed by atoms with E-state index in [1.807, 2.05) is 26.8 Å². The summed E-state index contributed by atoms with van der Waals surface area (Å²) in [5.74, 6) is 0.198. The molecule has 10 heteroatoms. The van der Waals surface area contributed by atoms with Crippen LogP contribution >= 0.6 is 0 Å². The number of halogens is 1. The Hall–Kier alpha value is -3.79. The quantitative estimate of drug-likeness (QED) is 0.312. The van der Waals surface area contributed by atoms with Crippen LogP contribution in [0.25, 0.3) is 5.69 Å². The number of hydrogen-bond acceptors (Lipinski definition) is 6. The van der Waals surface area contributed by atoms with Crippen molar-refractivity contribution >= 4 is 17.4 Å². The van der Waals surface area contributed by atoms with Gasteiger partial charge < -0.3 is 9.80 Å². The number of amides is 1. The van der Waals surface area contributed by atoms with Crippen LogP contribution < -0.4 is 4.90 Å². The average Bonchev–Trinajstić information content (AvgIpc) is 3.22. The molecule has 1 aliphatic heterocycles. The molecule has 1 saturated heterocycles. The second-order valence-electron chi connectivity index (χ2n) is 10.2. The molecule has 1 aromatic heterocycles. The standard InChI is InChI=1S/C28H35FN6O3/c1-19(2)31-12-14-32(15-13-31)27-26(21(5)30-34(27)24-10-7-9-23(29)17-24)18-33(20(3)4)28(36)22-8-6-11-25(16-22)35(37)38/h6-11,16-17,19-20H,12-15,18H2,1-5H3.